The van der Waals surface area contributed by atoms with Gasteiger partial charge in [-0.25, -0.2) is 0 Å². The summed E-state index contributed by atoms with van der Waals surface area (Å²) in [5, 5.41) is 3.72. The molecule has 1 aliphatic heterocycles. The molecule has 1 aromatic carbocycles. The van der Waals surface area contributed by atoms with Gasteiger partial charge in [0.05, 0.1) is 0 Å². The Morgan fingerprint density at radius 1 is 1.41 bits per heavy atom. The van der Waals surface area contributed by atoms with Gasteiger partial charge in [-0.3, -0.25) is 0 Å². The van der Waals surface area contributed by atoms with Crippen LogP contribution < -0.4 is 5.32 Å². The maximum absolute atomic E-state index is 3.72. The van der Waals surface area contributed by atoms with Crippen LogP contribution in [-0.2, 0) is 0 Å². The Balaban J connectivity index is 1.89. The van der Waals surface area contributed by atoms with Crippen molar-refractivity contribution in [1.82, 2.24) is 5.32 Å². The minimum absolute atomic E-state index is 0.508. The zero-order valence-corrected chi connectivity index (χ0v) is 12.7. The zero-order chi connectivity index (χ0) is 12.1. The first kappa shape index (κ1) is 13.4. The average molecular weight is 314 g/mol. The van der Waals surface area contributed by atoms with Crippen LogP contribution in [-0.4, -0.2) is 18.1 Å². The Kier molecular flexibility index (Phi) is 5.39. The van der Waals surface area contributed by atoms with Gasteiger partial charge in [-0.2, -0.15) is 11.8 Å². The van der Waals surface area contributed by atoms with E-state index in [0.717, 1.165) is 16.8 Å². The molecule has 17 heavy (non-hydrogen) atoms. The van der Waals surface area contributed by atoms with E-state index in [1.807, 2.05) is 0 Å². The van der Waals surface area contributed by atoms with Crippen LogP contribution in [0.2, 0.25) is 0 Å². The van der Waals surface area contributed by atoms with Crippen LogP contribution in [0, 0.1) is 5.92 Å². The molecule has 0 radical (unpaired) electrons. The van der Waals surface area contributed by atoms with Crippen molar-refractivity contribution in [1.29, 1.82) is 0 Å². The monoisotopic (exact) mass is 313 g/mol. The molecule has 0 spiro atoms. The van der Waals surface area contributed by atoms with Gasteiger partial charge >= 0.3 is 0 Å². The van der Waals surface area contributed by atoms with E-state index in [1.54, 1.807) is 0 Å². The first-order valence-electron chi connectivity index (χ1n) is 6.36. The van der Waals surface area contributed by atoms with E-state index in [4.69, 9.17) is 0 Å². The van der Waals surface area contributed by atoms with Crippen LogP contribution in [0.3, 0.4) is 0 Å². The first-order valence-corrected chi connectivity index (χ1v) is 8.31. The predicted octanol–water partition coefficient (Wildman–Crippen LogP) is 4.24. The number of halogens is 1. The molecule has 0 amide bonds. The lowest BCUT2D eigenvalue weighted by atomic mass is 10.0. The molecular weight excluding hydrogens is 294 g/mol. The smallest absolute Gasteiger partial charge is 0.0317 e. The molecule has 1 fully saturated rings. The highest BCUT2D eigenvalue weighted by atomic mass is 79.9. The molecule has 3 heteroatoms. The van der Waals surface area contributed by atoms with Crippen LogP contribution in [0.1, 0.15) is 31.4 Å². The maximum atomic E-state index is 3.72. The molecular formula is C14H20BrNS. The maximum Gasteiger partial charge on any atom is 0.0317 e. The second-order valence-corrected chi connectivity index (χ2v) is 6.72. The summed E-state index contributed by atoms with van der Waals surface area (Å²) in [5.74, 6) is 3.56. The first-order chi connectivity index (χ1) is 8.29. The molecule has 0 aromatic heterocycles. The van der Waals surface area contributed by atoms with Crippen molar-refractivity contribution in [3.8, 4) is 0 Å². The molecule has 1 N–H and O–H groups in total. The Bertz CT molecular complexity index is 333. The molecule has 1 aromatic rings. The normalized spacial score (nSPS) is 21.6. The summed E-state index contributed by atoms with van der Waals surface area (Å²) in [7, 11) is 0. The SMILES string of the molecule is CCC(NCC1CCSC1)c1ccc(Br)cc1. The van der Waals surface area contributed by atoms with E-state index < -0.39 is 0 Å². The second kappa shape index (κ2) is 6.81. The molecule has 0 aliphatic carbocycles. The summed E-state index contributed by atoms with van der Waals surface area (Å²) in [5.41, 5.74) is 1.40. The van der Waals surface area contributed by atoms with Gasteiger partial charge in [0, 0.05) is 10.5 Å². The van der Waals surface area contributed by atoms with Gasteiger partial charge in [0.15, 0.2) is 0 Å². The fourth-order valence-electron chi connectivity index (χ4n) is 2.25. The Labute approximate surface area is 117 Å². The van der Waals surface area contributed by atoms with Crippen LogP contribution in [0.25, 0.3) is 0 Å². The molecule has 2 atom stereocenters. The lowest BCUT2D eigenvalue weighted by Crippen LogP contribution is -2.27. The highest BCUT2D eigenvalue weighted by Gasteiger charge is 2.17. The van der Waals surface area contributed by atoms with Crippen molar-refractivity contribution >= 4 is 27.7 Å². The van der Waals surface area contributed by atoms with Crippen molar-refractivity contribution in [3.63, 3.8) is 0 Å². The topological polar surface area (TPSA) is 12.0 Å². The standard InChI is InChI=1S/C14H20BrNS/c1-2-14(12-3-5-13(15)6-4-12)16-9-11-7-8-17-10-11/h3-6,11,14,16H,2,7-10H2,1H3. The van der Waals surface area contributed by atoms with E-state index in [-0.39, 0.29) is 0 Å². The third-order valence-corrected chi connectivity index (χ3v) is 5.12. The van der Waals surface area contributed by atoms with Gasteiger partial charge in [-0.1, -0.05) is 35.0 Å². The summed E-state index contributed by atoms with van der Waals surface area (Å²) in [6.07, 6.45) is 2.54. The molecule has 2 unspecified atom stereocenters. The number of rotatable bonds is 5. The largest absolute Gasteiger partial charge is 0.310 e. The summed E-state index contributed by atoms with van der Waals surface area (Å²) in [6.45, 7) is 3.42. The number of nitrogens with one attached hydrogen (secondary N) is 1. The van der Waals surface area contributed by atoms with E-state index in [1.165, 1.54) is 30.0 Å². The number of thioether (sulfide) groups is 1. The van der Waals surface area contributed by atoms with Gasteiger partial charge in [0.25, 0.3) is 0 Å². The fraction of sp³-hybridized carbons (Fsp3) is 0.571. The van der Waals surface area contributed by atoms with E-state index in [0.29, 0.717) is 6.04 Å². The van der Waals surface area contributed by atoms with Gasteiger partial charge in [0.1, 0.15) is 0 Å². The highest BCUT2D eigenvalue weighted by molar-refractivity contribution is 9.10. The molecule has 2 rings (SSSR count). The quantitative estimate of drug-likeness (QED) is 0.872. The zero-order valence-electron chi connectivity index (χ0n) is 10.3. The van der Waals surface area contributed by atoms with Gasteiger partial charge in [-0.15, -0.1) is 0 Å². The van der Waals surface area contributed by atoms with Crippen molar-refractivity contribution in [3.05, 3.63) is 34.3 Å². The van der Waals surface area contributed by atoms with E-state index >= 15 is 0 Å². The second-order valence-electron chi connectivity index (χ2n) is 4.65. The van der Waals surface area contributed by atoms with Gasteiger partial charge in [-0.05, 0) is 54.5 Å². The van der Waals surface area contributed by atoms with Crippen LogP contribution in [0.15, 0.2) is 28.7 Å². The molecule has 1 heterocycles. The number of benzene rings is 1. The number of hydrogen-bond donors (Lipinski definition) is 1. The lowest BCUT2D eigenvalue weighted by Gasteiger charge is -2.20. The summed E-state index contributed by atoms with van der Waals surface area (Å²) in [6, 6.07) is 9.20. The van der Waals surface area contributed by atoms with Crippen molar-refractivity contribution < 1.29 is 0 Å². The van der Waals surface area contributed by atoms with Crippen molar-refractivity contribution in [2.24, 2.45) is 5.92 Å². The summed E-state index contributed by atoms with van der Waals surface area (Å²) < 4.78 is 1.16. The van der Waals surface area contributed by atoms with Crippen LogP contribution in [0.5, 0.6) is 0 Å². The van der Waals surface area contributed by atoms with Crippen molar-refractivity contribution in [2.45, 2.75) is 25.8 Å². The van der Waals surface area contributed by atoms with Gasteiger partial charge < -0.3 is 5.32 Å². The molecule has 1 aliphatic rings. The van der Waals surface area contributed by atoms with E-state index in [2.05, 4.69) is 64.2 Å². The minimum atomic E-state index is 0.508. The molecule has 1 nitrogen and oxygen atoms in total. The number of hydrogen-bond acceptors (Lipinski definition) is 2. The Morgan fingerprint density at radius 2 is 2.18 bits per heavy atom. The highest BCUT2D eigenvalue weighted by Crippen LogP contribution is 2.24. The van der Waals surface area contributed by atoms with E-state index in [9.17, 15) is 0 Å². The molecule has 1 saturated heterocycles. The van der Waals surface area contributed by atoms with Gasteiger partial charge in [0.2, 0.25) is 0 Å². The predicted molar refractivity (Wildman–Crippen MR) is 80.6 cm³/mol. The third kappa shape index (κ3) is 4.01. The van der Waals surface area contributed by atoms with Crippen LogP contribution >= 0.6 is 27.7 Å². The Morgan fingerprint density at radius 3 is 2.76 bits per heavy atom. The summed E-state index contributed by atoms with van der Waals surface area (Å²) in [4.78, 5) is 0. The van der Waals surface area contributed by atoms with Crippen molar-refractivity contribution in [2.75, 3.05) is 18.1 Å². The summed E-state index contributed by atoms with van der Waals surface area (Å²) >= 11 is 5.58. The minimum Gasteiger partial charge on any atom is -0.310 e. The molecule has 0 bridgehead atoms. The lowest BCUT2D eigenvalue weighted by molar-refractivity contribution is 0.451. The fourth-order valence-corrected chi connectivity index (χ4v) is 3.80. The molecule has 94 valence electrons. The Hall–Kier alpha value is 0.01000. The molecule has 0 saturated carbocycles. The third-order valence-electron chi connectivity index (χ3n) is 3.36. The van der Waals surface area contributed by atoms with Crippen LogP contribution in [0.4, 0.5) is 0 Å². The average Bonchev–Trinajstić information content (AvgIpc) is 2.85.